The molecule has 2 aromatic carbocycles. The predicted octanol–water partition coefficient (Wildman–Crippen LogP) is 4.31. The molecule has 0 atom stereocenters. The van der Waals surface area contributed by atoms with Crippen LogP contribution in [0, 0.1) is 13.8 Å². The largest absolute Gasteiger partial charge is 0.496 e. The minimum Gasteiger partial charge on any atom is -0.496 e. The lowest BCUT2D eigenvalue weighted by molar-refractivity contribution is 0.0783. The zero-order valence-electron chi connectivity index (χ0n) is 18.6. The van der Waals surface area contributed by atoms with E-state index in [0.29, 0.717) is 28.8 Å². The molecule has 0 saturated carbocycles. The highest BCUT2D eigenvalue weighted by molar-refractivity contribution is 7.98. The summed E-state index contributed by atoms with van der Waals surface area (Å²) in [4.78, 5) is 23.9. The van der Waals surface area contributed by atoms with Crippen LogP contribution in [0.2, 0.25) is 0 Å². The molecule has 0 saturated heterocycles. The monoisotopic (exact) mass is 447 g/mol. The number of carbonyl (C=O) groups excluding carboxylic acids is 1. The normalized spacial score (nSPS) is 11.0. The second-order valence-electron chi connectivity index (χ2n) is 7.56. The summed E-state index contributed by atoms with van der Waals surface area (Å²) < 4.78 is 7.16. The third kappa shape index (κ3) is 4.60. The molecular weight excluding hydrogens is 422 g/mol. The number of hydrogen-bond donors (Lipinski definition) is 0. The Hall–Kier alpha value is -3.39. The van der Waals surface area contributed by atoms with E-state index in [9.17, 15) is 4.79 Å². The van der Waals surface area contributed by atoms with Crippen LogP contribution in [0.25, 0.3) is 5.78 Å². The number of fused-ring (bicyclic) bond motifs is 1. The molecule has 164 valence electrons. The van der Waals surface area contributed by atoms with Gasteiger partial charge in [-0.2, -0.15) is 4.98 Å². The molecule has 0 fully saturated rings. The van der Waals surface area contributed by atoms with Crippen LogP contribution in [0.1, 0.15) is 32.9 Å². The van der Waals surface area contributed by atoms with Gasteiger partial charge in [-0.25, -0.2) is 9.50 Å². The number of nitrogens with zero attached hydrogens (tertiary/aromatic N) is 5. The molecule has 32 heavy (non-hydrogen) atoms. The van der Waals surface area contributed by atoms with E-state index in [4.69, 9.17) is 4.74 Å². The number of ether oxygens (including phenoxy) is 1. The lowest BCUT2D eigenvalue weighted by Crippen LogP contribution is -2.27. The van der Waals surface area contributed by atoms with Gasteiger partial charge in [-0.3, -0.25) is 4.79 Å². The SMILES string of the molecule is COc1ccccc1CN(C)C(=O)c1ccccc1CSc1nc2nc(C)cc(C)n2n1. The van der Waals surface area contributed by atoms with Crippen molar-refractivity contribution in [2.24, 2.45) is 0 Å². The third-order valence-electron chi connectivity index (χ3n) is 5.15. The Bertz CT molecular complexity index is 1270. The number of aryl methyl sites for hydroxylation is 2. The number of rotatable bonds is 7. The van der Waals surface area contributed by atoms with Crippen molar-refractivity contribution in [3.05, 3.63) is 82.7 Å². The molecule has 0 unspecified atom stereocenters. The number of benzene rings is 2. The quantitative estimate of drug-likeness (QED) is 0.393. The van der Waals surface area contributed by atoms with Gasteiger partial charge in [0.2, 0.25) is 5.16 Å². The van der Waals surface area contributed by atoms with Gasteiger partial charge in [0.15, 0.2) is 0 Å². The van der Waals surface area contributed by atoms with E-state index in [1.807, 2.05) is 68.4 Å². The highest BCUT2D eigenvalue weighted by atomic mass is 32.2. The lowest BCUT2D eigenvalue weighted by Gasteiger charge is -2.20. The first kappa shape index (κ1) is 21.8. The molecule has 0 radical (unpaired) electrons. The first-order valence-corrected chi connectivity index (χ1v) is 11.2. The summed E-state index contributed by atoms with van der Waals surface area (Å²) in [5.74, 6) is 1.90. The number of carbonyl (C=O) groups is 1. The summed E-state index contributed by atoms with van der Waals surface area (Å²) in [5, 5.41) is 5.18. The van der Waals surface area contributed by atoms with Crippen molar-refractivity contribution in [2.75, 3.05) is 14.2 Å². The van der Waals surface area contributed by atoms with E-state index in [2.05, 4.69) is 15.1 Å². The summed E-state index contributed by atoms with van der Waals surface area (Å²) in [7, 11) is 3.44. The molecule has 1 amide bonds. The average molecular weight is 448 g/mol. The molecule has 0 aliphatic heterocycles. The number of methoxy groups -OCH3 is 1. The molecule has 0 spiro atoms. The highest BCUT2D eigenvalue weighted by Crippen LogP contribution is 2.25. The molecule has 8 heteroatoms. The molecule has 0 bridgehead atoms. The van der Waals surface area contributed by atoms with E-state index in [-0.39, 0.29) is 5.91 Å². The minimum absolute atomic E-state index is 0.0387. The third-order valence-corrected chi connectivity index (χ3v) is 6.04. The predicted molar refractivity (Wildman–Crippen MR) is 125 cm³/mol. The first-order valence-electron chi connectivity index (χ1n) is 10.3. The molecule has 0 N–H and O–H groups in total. The van der Waals surface area contributed by atoms with Gasteiger partial charge in [0.1, 0.15) is 5.75 Å². The van der Waals surface area contributed by atoms with E-state index in [1.165, 1.54) is 11.8 Å². The maximum absolute atomic E-state index is 13.2. The lowest BCUT2D eigenvalue weighted by atomic mass is 10.1. The Morgan fingerprint density at radius 1 is 1.06 bits per heavy atom. The van der Waals surface area contributed by atoms with Crippen LogP contribution in [0.3, 0.4) is 0 Å². The fourth-order valence-corrected chi connectivity index (χ4v) is 4.39. The van der Waals surface area contributed by atoms with Crippen molar-refractivity contribution in [1.29, 1.82) is 0 Å². The van der Waals surface area contributed by atoms with Gasteiger partial charge in [0.25, 0.3) is 11.7 Å². The molecule has 4 aromatic rings. The summed E-state index contributed by atoms with van der Waals surface area (Å²) >= 11 is 1.49. The van der Waals surface area contributed by atoms with Gasteiger partial charge in [-0.1, -0.05) is 48.2 Å². The zero-order valence-corrected chi connectivity index (χ0v) is 19.4. The number of para-hydroxylation sites is 1. The molecule has 7 nitrogen and oxygen atoms in total. The van der Waals surface area contributed by atoms with Crippen molar-refractivity contribution < 1.29 is 9.53 Å². The van der Waals surface area contributed by atoms with E-state index in [0.717, 1.165) is 28.3 Å². The van der Waals surface area contributed by atoms with Crippen molar-refractivity contribution in [2.45, 2.75) is 31.3 Å². The minimum atomic E-state index is -0.0387. The Labute approximate surface area is 191 Å². The molecule has 2 aromatic heterocycles. The first-order chi connectivity index (χ1) is 15.5. The van der Waals surface area contributed by atoms with Gasteiger partial charge in [0.05, 0.1) is 7.11 Å². The van der Waals surface area contributed by atoms with Crippen molar-refractivity contribution in [3.8, 4) is 5.75 Å². The summed E-state index contributed by atoms with van der Waals surface area (Å²) in [6, 6.07) is 17.4. The van der Waals surface area contributed by atoms with Crippen LogP contribution >= 0.6 is 11.8 Å². The van der Waals surface area contributed by atoms with Crippen LogP contribution in [0.15, 0.2) is 59.8 Å². The van der Waals surface area contributed by atoms with E-state index in [1.54, 1.807) is 23.6 Å². The van der Waals surface area contributed by atoms with Gasteiger partial charge >= 0.3 is 0 Å². The second kappa shape index (κ2) is 9.40. The van der Waals surface area contributed by atoms with Crippen LogP contribution in [-0.4, -0.2) is 44.5 Å². The van der Waals surface area contributed by atoms with Gasteiger partial charge in [-0.05, 0) is 37.6 Å². The number of thioether (sulfide) groups is 1. The standard InChI is InChI=1S/C24H25N5O2S/c1-16-13-17(2)29-23(25-16)26-24(27-29)32-15-19-10-5-7-11-20(19)22(30)28(3)14-18-9-6-8-12-21(18)31-4/h5-13H,14-15H2,1-4H3. The molecule has 0 aliphatic rings. The van der Waals surface area contributed by atoms with Crippen molar-refractivity contribution in [1.82, 2.24) is 24.5 Å². The summed E-state index contributed by atoms with van der Waals surface area (Å²) in [5.41, 5.74) is 4.47. The van der Waals surface area contributed by atoms with Crippen LogP contribution in [0.4, 0.5) is 0 Å². The topological polar surface area (TPSA) is 72.6 Å². The number of aromatic nitrogens is 4. The molecular formula is C24H25N5O2S. The average Bonchev–Trinajstić information content (AvgIpc) is 3.21. The molecule has 0 aliphatic carbocycles. The van der Waals surface area contributed by atoms with Crippen molar-refractivity contribution in [3.63, 3.8) is 0 Å². The number of hydrogen-bond acceptors (Lipinski definition) is 6. The Morgan fingerprint density at radius 2 is 1.78 bits per heavy atom. The molecule has 2 heterocycles. The molecule has 4 rings (SSSR count). The highest BCUT2D eigenvalue weighted by Gasteiger charge is 2.18. The van der Waals surface area contributed by atoms with Crippen LogP contribution in [0.5, 0.6) is 5.75 Å². The maximum Gasteiger partial charge on any atom is 0.254 e. The maximum atomic E-state index is 13.2. The fraction of sp³-hybridized carbons (Fsp3) is 0.250. The summed E-state index contributed by atoms with van der Waals surface area (Å²) in [6.07, 6.45) is 0. The second-order valence-corrected chi connectivity index (χ2v) is 8.51. The fourth-order valence-electron chi connectivity index (χ4n) is 3.57. The van der Waals surface area contributed by atoms with Gasteiger partial charge in [0, 0.05) is 41.9 Å². The number of amides is 1. The van der Waals surface area contributed by atoms with E-state index < -0.39 is 0 Å². The van der Waals surface area contributed by atoms with Gasteiger partial charge in [-0.15, -0.1) is 5.10 Å². The summed E-state index contributed by atoms with van der Waals surface area (Å²) in [6.45, 7) is 4.39. The van der Waals surface area contributed by atoms with Gasteiger partial charge < -0.3 is 9.64 Å². The Balaban J connectivity index is 1.51. The van der Waals surface area contributed by atoms with Crippen LogP contribution < -0.4 is 4.74 Å². The van der Waals surface area contributed by atoms with Crippen molar-refractivity contribution >= 4 is 23.4 Å². The Morgan fingerprint density at radius 3 is 2.56 bits per heavy atom. The zero-order chi connectivity index (χ0) is 22.7. The smallest absolute Gasteiger partial charge is 0.254 e. The van der Waals surface area contributed by atoms with Crippen LogP contribution in [-0.2, 0) is 12.3 Å². The Kier molecular flexibility index (Phi) is 6.41. The van der Waals surface area contributed by atoms with E-state index >= 15 is 0 Å².